The van der Waals surface area contributed by atoms with Crippen molar-refractivity contribution < 1.29 is 13.9 Å². The van der Waals surface area contributed by atoms with Crippen molar-refractivity contribution in [3.8, 4) is 6.07 Å². The Labute approximate surface area is 205 Å². The molecule has 2 heterocycles. The fourth-order valence-electron chi connectivity index (χ4n) is 4.27. The maximum Gasteiger partial charge on any atom is 0.329 e. The number of nitriles is 1. The number of benzene rings is 2. The van der Waals surface area contributed by atoms with Crippen LogP contribution in [0.1, 0.15) is 44.2 Å². The van der Waals surface area contributed by atoms with E-state index in [2.05, 4.69) is 22.8 Å². The zero-order chi connectivity index (χ0) is 24.6. The Balaban J connectivity index is 1.56. The molecule has 1 saturated heterocycles. The molecule has 0 radical (unpaired) electrons. The van der Waals surface area contributed by atoms with Crippen LogP contribution in [0, 0.1) is 17.1 Å². The third kappa shape index (κ3) is 5.86. The van der Waals surface area contributed by atoms with Crippen LogP contribution in [0.4, 0.5) is 15.9 Å². The summed E-state index contributed by atoms with van der Waals surface area (Å²) in [5, 5.41) is 9.92. The zero-order valence-corrected chi connectivity index (χ0v) is 20.0. The van der Waals surface area contributed by atoms with E-state index >= 15 is 0 Å². The van der Waals surface area contributed by atoms with Crippen molar-refractivity contribution in [3.63, 3.8) is 0 Å². The third-order valence-electron chi connectivity index (χ3n) is 6.23. The molecule has 35 heavy (non-hydrogen) atoms. The Morgan fingerprint density at radius 3 is 2.31 bits per heavy atom. The summed E-state index contributed by atoms with van der Waals surface area (Å²) in [7, 11) is 0. The van der Waals surface area contributed by atoms with Gasteiger partial charge in [-0.2, -0.15) is 5.26 Å². The van der Waals surface area contributed by atoms with Gasteiger partial charge in [-0.25, -0.2) is 14.4 Å². The number of ether oxygens (including phenoxy) is 1. The van der Waals surface area contributed by atoms with Crippen LogP contribution in [0.3, 0.4) is 0 Å². The number of para-hydroxylation sites is 2. The van der Waals surface area contributed by atoms with Gasteiger partial charge in [0.05, 0.1) is 23.7 Å². The van der Waals surface area contributed by atoms with E-state index in [0.717, 1.165) is 31.4 Å². The number of hydrogen-bond donors (Lipinski definition) is 0. The lowest BCUT2D eigenvalue weighted by Crippen LogP contribution is -2.47. The second-order valence-corrected chi connectivity index (χ2v) is 8.66. The quantitative estimate of drug-likeness (QED) is 0.324. The second-order valence-electron chi connectivity index (χ2n) is 8.66. The molecule has 0 spiro atoms. The Hall–Kier alpha value is -3.73. The van der Waals surface area contributed by atoms with E-state index in [9.17, 15) is 14.4 Å². The molecule has 182 valence electrons. The molecule has 0 saturated carbocycles. The summed E-state index contributed by atoms with van der Waals surface area (Å²) < 4.78 is 18.8. The Bertz CT molecular complexity index is 1190. The highest BCUT2D eigenvalue weighted by atomic mass is 19.1. The fraction of sp³-hybridized carbons (Fsp3) is 0.407. The molecule has 4 rings (SSSR count). The minimum Gasteiger partial charge on any atom is -0.464 e. The Morgan fingerprint density at radius 1 is 1.00 bits per heavy atom. The predicted molar refractivity (Wildman–Crippen MR) is 134 cm³/mol. The number of halogens is 1. The molecule has 0 aliphatic carbocycles. The maximum atomic E-state index is 13.3. The Kier molecular flexibility index (Phi) is 8.09. The summed E-state index contributed by atoms with van der Waals surface area (Å²) >= 11 is 0. The van der Waals surface area contributed by atoms with Crippen molar-refractivity contribution in [3.05, 3.63) is 60.0 Å². The average molecular weight is 476 g/mol. The molecule has 1 aliphatic rings. The van der Waals surface area contributed by atoms with Gasteiger partial charge in [0.15, 0.2) is 11.7 Å². The van der Waals surface area contributed by atoms with Crippen LogP contribution in [0.5, 0.6) is 0 Å². The smallest absolute Gasteiger partial charge is 0.329 e. The van der Waals surface area contributed by atoms with E-state index in [0.29, 0.717) is 55.3 Å². The number of nitrogens with zero attached hydrogens (tertiary/aromatic N) is 5. The zero-order valence-electron chi connectivity index (χ0n) is 20.0. The summed E-state index contributed by atoms with van der Waals surface area (Å²) in [5.41, 5.74) is 2.63. The number of aromatic nitrogens is 2. The first-order chi connectivity index (χ1) is 17.1. The van der Waals surface area contributed by atoms with Crippen LogP contribution >= 0.6 is 0 Å². The molecular weight excluding hydrogens is 445 g/mol. The predicted octanol–water partition coefficient (Wildman–Crippen LogP) is 4.83. The van der Waals surface area contributed by atoms with E-state index < -0.39 is 11.9 Å². The molecule has 3 aromatic rings. The molecule has 2 aromatic carbocycles. The first kappa shape index (κ1) is 24.4. The third-order valence-corrected chi connectivity index (χ3v) is 6.23. The van der Waals surface area contributed by atoms with Crippen molar-refractivity contribution in [2.24, 2.45) is 0 Å². The number of carbonyl (C=O) groups excluding carboxylic acids is 1. The van der Waals surface area contributed by atoms with Crippen LogP contribution in [0.2, 0.25) is 0 Å². The van der Waals surface area contributed by atoms with Crippen molar-refractivity contribution in [1.29, 1.82) is 5.26 Å². The normalized spacial score (nSPS) is 14.5. The Morgan fingerprint density at radius 2 is 1.66 bits per heavy atom. The van der Waals surface area contributed by atoms with Crippen LogP contribution < -0.4 is 9.80 Å². The highest BCUT2D eigenvalue weighted by Crippen LogP contribution is 2.29. The number of fused-ring (bicyclic) bond motifs is 1. The van der Waals surface area contributed by atoms with Gasteiger partial charge in [0.1, 0.15) is 11.5 Å². The SMILES string of the molecule is CCCCCCOC(=O)[C@H](C#N)c1nc2ccccc2nc1N1CCN(c2ccc(F)cc2)CC1. The summed E-state index contributed by atoms with van der Waals surface area (Å²) in [4.78, 5) is 26.6. The maximum absolute atomic E-state index is 13.3. The minimum absolute atomic E-state index is 0.261. The van der Waals surface area contributed by atoms with Crippen molar-refractivity contribution in [2.75, 3.05) is 42.6 Å². The summed E-state index contributed by atoms with van der Waals surface area (Å²) in [6, 6.07) is 16.0. The van der Waals surface area contributed by atoms with Crippen LogP contribution in [0.25, 0.3) is 11.0 Å². The molecule has 1 fully saturated rings. The first-order valence-corrected chi connectivity index (χ1v) is 12.2. The number of piperazine rings is 1. The van der Waals surface area contributed by atoms with Crippen molar-refractivity contribution in [2.45, 2.75) is 38.5 Å². The fourth-order valence-corrected chi connectivity index (χ4v) is 4.27. The number of hydrogen-bond acceptors (Lipinski definition) is 7. The van der Waals surface area contributed by atoms with Gasteiger partial charge in [-0.05, 0) is 42.8 Å². The number of rotatable bonds is 9. The van der Waals surface area contributed by atoms with E-state index in [1.165, 1.54) is 12.1 Å². The van der Waals surface area contributed by atoms with Crippen LogP contribution in [-0.2, 0) is 9.53 Å². The highest BCUT2D eigenvalue weighted by Gasteiger charge is 2.31. The summed E-state index contributed by atoms with van der Waals surface area (Å²) in [6.07, 6.45) is 3.95. The monoisotopic (exact) mass is 475 g/mol. The van der Waals surface area contributed by atoms with Gasteiger partial charge < -0.3 is 14.5 Å². The molecule has 0 amide bonds. The van der Waals surface area contributed by atoms with Gasteiger partial charge in [-0.3, -0.25) is 4.79 Å². The van der Waals surface area contributed by atoms with Gasteiger partial charge in [-0.15, -0.1) is 0 Å². The van der Waals surface area contributed by atoms with E-state index in [1.807, 2.05) is 24.3 Å². The first-order valence-electron chi connectivity index (χ1n) is 12.2. The minimum atomic E-state index is -1.15. The molecule has 0 N–H and O–H groups in total. The van der Waals surface area contributed by atoms with E-state index in [-0.39, 0.29) is 5.82 Å². The summed E-state index contributed by atoms with van der Waals surface area (Å²) in [5.74, 6) is -1.46. The molecular formula is C27H30FN5O2. The van der Waals surface area contributed by atoms with Crippen molar-refractivity contribution >= 4 is 28.5 Å². The topological polar surface area (TPSA) is 82.3 Å². The second kappa shape index (κ2) is 11.6. The number of anilines is 2. The number of esters is 1. The molecule has 0 bridgehead atoms. The van der Waals surface area contributed by atoms with Gasteiger partial charge >= 0.3 is 5.97 Å². The largest absolute Gasteiger partial charge is 0.464 e. The number of carbonyl (C=O) groups is 1. The highest BCUT2D eigenvalue weighted by molar-refractivity contribution is 5.85. The molecule has 7 nitrogen and oxygen atoms in total. The van der Waals surface area contributed by atoms with Gasteiger partial charge in [0.2, 0.25) is 0 Å². The molecule has 1 aliphatic heterocycles. The van der Waals surface area contributed by atoms with E-state index in [1.54, 1.807) is 12.1 Å². The van der Waals surface area contributed by atoms with E-state index in [4.69, 9.17) is 14.7 Å². The standard InChI is InChI=1S/C27H30FN5O2/c1-2-3-4-7-18-35-27(34)22(19-29)25-26(31-24-9-6-5-8-23(24)30-25)33-16-14-32(15-17-33)21-12-10-20(28)11-13-21/h5-6,8-13,22H,2-4,7,14-18H2,1H3/t22-/m1/s1. The molecule has 1 atom stereocenters. The van der Waals surface area contributed by atoms with Crippen molar-refractivity contribution in [1.82, 2.24) is 9.97 Å². The molecule has 8 heteroatoms. The molecule has 1 aromatic heterocycles. The lowest BCUT2D eigenvalue weighted by atomic mass is 10.1. The average Bonchev–Trinajstić information content (AvgIpc) is 2.89. The van der Waals surface area contributed by atoms with Gasteiger partial charge in [0, 0.05) is 31.9 Å². The lowest BCUT2D eigenvalue weighted by Gasteiger charge is -2.37. The van der Waals surface area contributed by atoms with Crippen LogP contribution in [0.15, 0.2) is 48.5 Å². The summed E-state index contributed by atoms with van der Waals surface area (Å²) in [6.45, 7) is 5.06. The van der Waals surface area contributed by atoms with Gasteiger partial charge in [0.25, 0.3) is 0 Å². The van der Waals surface area contributed by atoms with Crippen LogP contribution in [-0.4, -0.2) is 48.7 Å². The number of unbranched alkanes of at least 4 members (excludes halogenated alkanes) is 3. The van der Waals surface area contributed by atoms with Gasteiger partial charge in [-0.1, -0.05) is 38.3 Å². The molecule has 0 unspecified atom stereocenters. The lowest BCUT2D eigenvalue weighted by molar-refractivity contribution is -0.144.